The molecule has 6 aromatic rings. The van der Waals surface area contributed by atoms with Gasteiger partial charge in [0.1, 0.15) is 11.5 Å². The number of hydrogen-bond acceptors (Lipinski definition) is 12. The summed E-state index contributed by atoms with van der Waals surface area (Å²) in [5.74, 6) is 1.79. The SMILES string of the molecule is COc1ccccc1N1CCN(CCn2cnc3c2c(=O)n(C)c(=O)n3C)CC1.COc1ccccc1N1CCN(CCn2cnc3c2c(=O)n(C)c(=O)n3C)CC1. The molecule has 4 aromatic heterocycles. The lowest BCUT2D eigenvalue weighted by Crippen LogP contribution is -2.47. The second kappa shape index (κ2) is 17.2. The minimum Gasteiger partial charge on any atom is -0.495 e. The molecule has 18 heteroatoms. The average Bonchev–Trinajstić information content (AvgIpc) is 3.90. The molecule has 6 heterocycles. The average molecular weight is 797 g/mol. The van der Waals surface area contributed by atoms with Crippen LogP contribution in [-0.2, 0) is 41.3 Å². The van der Waals surface area contributed by atoms with Gasteiger partial charge in [0.05, 0.1) is 38.2 Å². The lowest BCUT2D eigenvalue weighted by molar-refractivity contribution is 0.248. The highest BCUT2D eigenvalue weighted by molar-refractivity contribution is 5.70. The van der Waals surface area contributed by atoms with E-state index < -0.39 is 0 Å². The second-order valence-corrected chi connectivity index (χ2v) is 14.6. The number of anilines is 2. The molecule has 2 saturated heterocycles. The number of aryl methyl sites for hydroxylation is 2. The van der Waals surface area contributed by atoms with Crippen LogP contribution < -0.4 is 41.8 Å². The van der Waals surface area contributed by atoms with Crippen LogP contribution in [-0.4, -0.2) is 127 Å². The summed E-state index contributed by atoms with van der Waals surface area (Å²) in [5, 5.41) is 0. The molecule has 0 bridgehead atoms. The monoisotopic (exact) mass is 796 g/mol. The quantitative estimate of drug-likeness (QED) is 0.190. The van der Waals surface area contributed by atoms with Crippen LogP contribution in [0.4, 0.5) is 11.4 Å². The number of para-hydroxylation sites is 4. The van der Waals surface area contributed by atoms with Crippen molar-refractivity contribution in [1.82, 2.24) is 47.2 Å². The molecule has 2 aliphatic rings. The predicted octanol–water partition coefficient (Wildman–Crippen LogP) is 0.529. The third-order valence-corrected chi connectivity index (χ3v) is 11.3. The Bertz CT molecular complexity index is 2460. The van der Waals surface area contributed by atoms with Crippen LogP contribution in [0.1, 0.15) is 0 Å². The molecule has 58 heavy (non-hydrogen) atoms. The maximum absolute atomic E-state index is 12.6. The number of piperazine rings is 2. The van der Waals surface area contributed by atoms with E-state index in [-0.39, 0.29) is 22.5 Å². The molecule has 0 spiro atoms. The first kappa shape index (κ1) is 40.1. The maximum atomic E-state index is 12.6. The van der Waals surface area contributed by atoms with Crippen LogP contribution in [0.5, 0.6) is 11.5 Å². The van der Waals surface area contributed by atoms with E-state index >= 15 is 0 Å². The number of nitrogens with zero attached hydrogens (tertiary/aromatic N) is 12. The van der Waals surface area contributed by atoms with Gasteiger partial charge >= 0.3 is 11.4 Å². The fourth-order valence-electron chi connectivity index (χ4n) is 7.84. The van der Waals surface area contributed by atoms with Crippen LogP contribution >= 0.6 is 0 Å². The Balaban J connectivity index is 0.000000177. The minimum absolute atomic E-state index is 0.304. The number of aromatic nitrogens is 8. The van der Waals surface area contributed by atoms with Crippen molar-refractivity contribution in [2.45, 2.75) is 13.1 Å². The van der Waals surface area contributed by atoms with Gasteiger partial charge in [-0.1, -0.05) is 24.3 Å². The molecule has 0 radical (unpaired) electrons. The van der Waals surface area contributed by atoms with Crippen LogP contribution in [0, 0.1) is 0 Å². The van der Waals surface area contributed by atoms with Crippen molar-refractivity contribution in [3.05, 3.63) is 103 Å². The lowest BCUT2D eigenvalue weighted by atomic mass is 10.2. The summed E-state index contributed by atoms with van der Waals surface area (Å²) in [5.41, 5.74) is 2.73. The van der Waals surface area contributed by atoms with Gasteiger partial charge in [-0.2, -0.15) is 0 Å². The first-order valence-electron chi connectivity index (χ1n) is 19.4. The molecule has 308 valence electrons. The number of benzene rings is 2. The van der Waals surface area contributed by atoms with Crippen LogP contribution in [0.25, 0.3) is 22.3 Å². The Kier molecular flexibility index (Phi) is 11.8. The standard InChI is InChI=1S/2C20H26N6O3/c2*1-22-18-17(19(27)23(2)20(22)28)26(14-21-18)13-10-24-8-11-25(12-9-24)15-6-4-5-7-16(15)29-3/h2*4-7,14H,8-13H2,1-3H3. The first-order chi connectivity index (χ1) is 28.0. The van der Waals surface area contributed by atoms with Crippen LogP contribution in [0.3, 0.4) is 0 Å². The highest BCUT2D eigenvalue weighted by atomic mass is 16.5. The summed E-state index contributed by atoms with van der Waals surface area (Å²) in [7, 11) is 9.67. The van der Waals surface area contributed by atoms with E-state index in [4.69, 9.17) is 9.47 Å². The zero-order valence-electron chi connectivity index (χ0n) is 34.1. The molecule has 2 fully saturated rings. The molecule has 2 aromatic carbocycles. The van der Waals surface area contributed by atoms with Crippen molar-refractivity contribution in [2.75, 3.05) is 89.5 Å². The molecular weight excluding hydrogens is 745 g/mol. The lowest BCUT2D eigenvalue weighted by Gasteiger charge is -2.36. The summed E-state index contributed by atoms with van der Waals surface area (Å²) in [4.78, 5) is 67.2. The largest absolute Gasteiger partial charge is 0.495 e. The Morgan fingerprint density at radius 1 is 0.500 bits per heavy atom. The van der Waals surface area contributed by atoms with E-state index in [2.05, 4.69) is 41.7 Å². The normalized spacial score (nSPS) is 15.2. The van der Waals surface area contributed by atoms with Gasteiger partial charge in [-0.25, -0.2) is 19.6 Å². The smallest absolute Gasteiger partial charge is 0.332 e. The van der Waals surface area contributed by atoms with Crippen molar-refractivity contribution in [3.63, 3.8) is 0 Å². The second-order valence-electron chi connectivity index (χ2n) is 14.6. The van der Waals surface area contributed by atoms with E-state index in [0.29, 0.717) is 35.4 Å². The van der Waals surface area contributed by atoms with Crippen molar-refractivity contribution in [1.29, 1.82) is 0 Å². The highest BCUT2D eigenvalue weighted by Crippen LogP contribution is 2.29. The highest BCUT2D eigenvalue weighted by Gasteiger charge is 2.22. The number of methoxy groups -OCH3 is 2. The topological polar surface area (TPSA) is 155 Å². The number of imidazole rings is 2. The molecule has 0 saturated carbocycles. The van der Waals surface area contributed by atoms with Gasteiger partial charge in [-0.05, 0) is 24.3 Å². The number of ether oxygens (including phenoxy) is 2. The zero-order valence-corrected chi connectivity index (χ0v) is 34.1. The third kappa shape index (κ3) is 7.76. The molecule has 0 N–H and O–H groups in total. The Morgan fingerprint density at radius 3 is 1.22 bits per heavy atom. The van der Waals surface area contributed by atoms with Gasteiger partial charge in [0.15, 0.2) is 22.3 Å². The fraction of sp³-hybridized carbons (Fsp3) is 0.450. The molecular formula is C40H52N12O6. The fourth-order valence-corrected chi connectivity index (χ4v) is 7.84. The maximum Gasteiger partial charge on any atom is 0.332 e. The molecule has 8 rings (SSSR count). The van der Waals surface area contributed by atoms with Gasteiger partial charge in [0.2, 0.25) is 0 Å². The van der Waals surface area contributed by atoms with Gasteiger partial charge in [-0.15, -0.1) is 0 Å². The van der Waals surface area contributed by atoms with E-state index in [0.717, 1.165) is 97.5 Å². The summed E-state index contributed by atoms with van der Waals surface area (Å²) in [6.07, 6.45) is 3.30. The summed E-state index contributed by atoms with van der Waals surface area (Å²) in [6, 6.07) is 16.2. The van der Waals surface area contributed by atoms with Gasteiger partial charge in [0.25, 0.3) is 11.1 Å². The van der Waals surface area contributed by atoms with Gasteiger partial charge < -0.3 is 28.4 Å². The Morgan fingerprint density at radius 2 is 0.862 bits per heavy atom. The van der Waals surface area contributed by atoms with E-state index in [1.807, 2.05) is 45.5 Å². The van der Waals surface area contributed by atoms with E-state index in [1.54, 1.807) is 41.0 Å². The van der Waals surface area contributed by atoms with E-state index in [1.165, 1.54) is 23.2 Å². The van der Waals surface area contributed by atoms with Crippen molar-refractivity contribution < 1.29 is 9.47 Å². The molecule has 0 aliphatic carbocycles. The predicted molar refractivity (Wildman–Crippen MR) is 224 cm³/mol. The molecule has 18 nitrogen and oxygen atoms in total. The van der Waals surface area contributed by atoms with Crippen molar-refractivity contribution in [3.8, 4) is 11.5 Å². The van der Waals surface area contributed by atoms with Crippen LogP contribution in [0.2, 0.25) is 0 Å². The number of rotatable bonds is 10. The van der Waals surface area contributed by atoms with Crippen molar-refractivity contribution in [2.24, 2.45) is 28.2 Å². The minimum atomic E-state index is -0.361. The Hall–Kier alpha value is -6.14. The first-order valence-corrected chi connectivity index (χ1v) is 19.4. The third-order valence-electron chi connectivity index (χ3n) is 11.3. The van der Waals surface area contributed by atoms with Gasteiger partial charge in [-0.3, -0.25) is 37.7 Å². The molecule has 2 aliphatic heterocycles. The van der Waals surface area contributed by atoms with Crippen molar-refractivity contribution >= 4 is 33.7 Å². The number of fused-ring (bicyclic) bond motifs is 2. The zero-order chi connectivity index (χ0) is 41.1. The summed E-state index contributed by atoms with van der Waals surface area (Å²) >= 11 is 0. The van der Waals surface area contributed by atoms with Gasteiger partial charge in [0, 0.05) is 107 Å². The summed E-state index contributed by atoms with van der Waals surface area (Å²) in [6.45, 7) is 10.3. The Labute approximate surface area is 334 Å². The number of hydrogen-bond donors (Lipinski definition) is 0. The molecule has 0 unspecified atom stereocenters. The van der Waals surface area contributed by atoms with Crippen LogP contribution in [0.15, 0.2) is 80.4 Å². The summed E-state index contributed by atoms with van der Waals surface area (Å²) < 4.78 is 19.8. The molecule has 0 atom stereocenters. The van der Waals surface area contributed by atoms with E-state index in [9.17, 15) is 19.2 Å². The molecule has 0 amide bonds.